The molecule has 0 heterocycles. The molecule has 0 saturated carbocycles. The molecule has 0 amide bonds. The van der Waals surface area contributed by atoms with Crippen LogP contribution in [0.3, 0.4) is 0 Å². The van der Waals surface area contributed by atoms with E-state index in [-0.39, 0.29) is 2030 Å². The van der Waals surface area contributed by atoms with Crippen LogP contribution in [0.5, 0.6) is 0 Å². The van der Waals surface area contributed by atoms with E-state index in [1.54, 1.807) is 0 Å². The van der Waals surface area contributed by atoms with E-state index in [9.17, 15) is 0 Å². The van der Waals surface area contributed by atoms with E-state index in [0.29, 0.717) is 0 Å². The fourth-order valence-corrected chi connectivity index (χ4v) is 0.306. The summed E-state index contributed by atoms with van der Waals surface area (Å²) >= 11 is 0. The molecule has 0 atom stereocenters. The second-order valence-corrected chi connectivity index (χ2v) is 1.86. The van der Waals surface area contributed by atoms with Crippen molar-refractivity contribution in [1.29, 1.82) is 0 Å². The van der Waals surface area contributed by atoms with Crippen LogP contribution < -0.4 is 0 Å². The summed E-state index contributed by atoms with van der Waals surface area (Å²) in [5.41, 5.74) is -0.387. The monoisotopic (exact) mass is 5670 g/mol. The zero-order valence-electron chi connectivity index (χ0n) is 55.3. The van der Waals surface area contributed by atoms with Crippen LogP contribution in [0.25, 0.3) is 0 Å². The maximum absolute atomic E-state index is 3.64. The number of hydrogen-bond acceptors (Lipinski definition) is 0. The van der Waals surface area contributed by atoms with Crippen LogP contribution in [0.1, 0.15) is 61.8 Å². The van der Waals surface area contributed by atoms with Gasteiger partial charge in [0.1, 0.15) is 0 Å². The van der Waals surface area contributed by atoms with E-state index >= 15 is 0 Å². The van der Waals surface area contributed by atoms with Gasteiger partial charge in [-0.15, -0.1) is 0 Å². The molecule has 0 rings (SSSR count). The Morgan fingerprint density at radius 3 is 0.193 bits per heavy atom. The molecule has 0 aromatic carbocycles. The van der Waals surface area contributed by atoms with Crippen molar-refractivity contribution in [2.45, 2.75) is 61.8 Å². The van der Waals surface area contributed by atoms with Crippen LogP contribution in [0.15, 0.2) is 0 Å². The molecule has 0 aliphatic heterocycles. The summed E-state index contributed by atoms with van der Waals surface area (Å²) in [6.07, 6.45) is 2.61. The van der Waals surface area contributed by atoms with Gasteiger partial charge in [-0.3, -0.25) is 0 Å². The van der Waals surface area contributed by atoms with Crippen molar-refractivity contribution in [2.75, 3.05) is 0 Å². The molecule has 0 nitrogen and oxygen atoms in total. The summed E-state index contributed by atoms with van der Waals surface area (Å²) in [6.45, 7) is 30.5. The summed E-state index contributed by atoms with van der Waals surface area (Å²) < 4.78 is 0. The van der Waals surface area contributed by atoms with Crippen LogP contribution in [0.2, 0.25) is 0 Å². The Labute approximate surface area is 2040 Å². The maximum Gasteiger partial charge on any atom is 0 e. The quantitative estimate of drug-likeness (QED) is 0.242. The molecule has 0 unspecified atom stereocenters. The minimum atomic E-state index is -0.387. The standard InChI is InChI=1S/C7H11.4C2H6.8CH3.60Y/c1-5-6-7(2,3)4;4*1-2;;;;;;;;;;;;;;;;;;;;;;;;;;;;;;;;;;;;;;;;;;;;;;;;;;;;;;;;;;;;;;;;;;;;/h6H,1-5H2;4*1-2H3;8*1H3;;;;;;;;;;;;;;;;;;;;;;;;;;;;;;;;;;;;;;;;;;;;;;;;;;;;;;;;;;;;/q-5;;;;;8*-1;;;;;;;;;;;;;;;;;;;;;;;;;;;;;;;;;;;;;;;;;;;;;;;;;;;;;;;;;;;;. The normalized spacial score (nSPS) is 1.30. The molecule has 0 aliphatic carbocycles. The topological polar surface area (TPSA) is 0 Å². The van der Waals surface area contributed by atoms with Crippen LogP contribution in [-0.2, 0) is 1960 Å². The van der Waals surface area contributed by atoms with Gasteiger partial charge in [0, 0.05) is 1960 Å². The van der Waals surface area contributed by atoms with Gasteiger partial charge in [-0.05, 0) is 0 Å². The number of rotatable bonds is 2. The third-order valence-corrected chi connectivity index (χ3v) is 0.577. The fraction of sp³-hybridized carbons (Fsp3) is 0.435. The molecule has 0 fully saturated rings. The molecule has 0 aromatic rings. The molecule has 0 saturated heterocycles. The third kappa shape index (κ3) is 643. The minimum Gasteiger partial charge on any atom is -0.584 e. The molecular weight excluding hydrogens is 5610 g/mol. The molecule has 0 N–H and O–H groups in total. The molecule has 344 valence electrons. The Hall–Kier alpha value is 66.2. The second-order valence-electron chi connectivity index (χ2n) is 1.86. The van der Waals surface area contributed by atoms with Crippen molar-refractivity contribution < 1.29 is 1960 Å². The molecule has 0 aromatic heterocycles. The van der Waals surface area contributed by atoms with Crippen molar-refractivity contribution in [1.82, 2.24) is 0 Å². The molecule has 60 radical (unpaired) electrons. The van der Waals surface area contributed by atoms with Gasteiger partial charge in [0.25, 0.3) is 0 Å². The zero-order chi connectivity index (χ0) is 13.9. The number of hydrogen-bond donors (Lipinski definition) is 0. The van der Waals surface area contributed by atoms with Crippen molar-refractivity contribution in [3.63, 3.8) is 0 Å². The second kappa shape index (κ2) is 583. The molecule has 0 aliphatic rings. The van der Waals surface area contributed by atoms with Crippen molar-refractivity contribution in [2.24, 2.45) is 5.41 Å². The Morgan fingerprint density at radius 2 is 0.193 bits per heavy atom. The summed E-state index contributed by atoms with van der Waals surface area (Å²) in [6, 6.07) is 0. The van der Waals surface area contributed by atoms with Crippen LogP contribution in [-0.4, -0.2) is 0 Å². The van der Waals surface area contributed by atoms with Crippen molar-refractivity contribution in [3.8, 4) is 0 Å². The van der Waals surface area contributed by atoms with Gasteiger partial charge in [0.15, 0.2) is 0 Å². The molecule has 60 heteroatoms. The Morgan fingerprint density at radius 1 is 0.157 bits per heavy atom. The zero-order valence-corrected chi connectivity index (χ0v) is 226. The van der Waals surface area contributed by atoms with Crippen molar-refractivity contribution >= 4 is 0 Å². The van der Waals surface area contributed by atoms with Gasteiger partial charge < -0.3 is 105 Å². The minimum absolute atomic E-state index is 0. The summed E-state index contributed by atoms with van der Waals surface area (Å²) in [7, 11) is 0. The van der Waals surface area contributed by atoms with Crippen LogP contribution in [0.4, 0.5) is 0 Å². The van der Waals surface area contributed by atoms with Gasteiger partial charge >= 0.3 is 0 Å². The SMILES string of the molecule is CC.CC.CC.CC.[CH2-]C[CH-]C([CH2-])([CH2-])[CH2-].[CH3-].[CH3-].[CH3-].[CH3-].[CH3-].[CH3-].[CH3-].[CH3-].[Y].[Y].[Y].[Y].[Y].[Y].[Y].[Y].[Y].[Y].[Y].[Y].[Y].[Y].[Y].[Y].[Y].[Y].[Y].[Y].[Y].[Y].[Y].[Y].[Y].[Y].[Y].[Y].[Y].[Y].[Y].[Y].[Y].[Y].[Y].[Y].[Y].[Y].[Y].[Y].[Y].[Y].[Y].[Y].[Y].[Y].[Y].[Y].[Y].[Y].[Y].[Y].[Y].[Y].[Y].[Y].[Y].[Y].[Y].[Y]. The van der Waals surface area contributed by atoms with Crippen LogP contribution in [0, 0.1) is 98.9 Å². The first kappa shape index (κ1) is 564. The van der Waals surface area contributed by atoms with E-state index in [1.807, 2.05) is 61.8 Å². The molecular formula is C23H59Y60-13. The first-order chi connectivity index (χ1) is 7.06. The average molecular weight is 5670 g/mol. The van der Waals surface area contributed by atoms with Gasteiger partial charge in [-0.2, -0.15) is 0 Å². The summed E-state index contributed by atoms with van der Waals surface area (Å²) in [5.74, 6) is 0. The van der Waals surface area contributed by atoms with E-state index in [1.165, 1.54) is 0 Å². The fourth-order valence-electron chi connectivity index (χ4n) is 0.306. The molecule has 0 spiro atoms. The Kier molecular flexibility index (Phi) is 3960. The van der Waals surface area contributed by atoms with E-state index < -0.39 is 0 Å². The summed E-state index contributed by atoms with van der Waals surface area (Å²) in [5, 5.41) is 0. The third-order valence-electron chi connectivity index (χ3n) is 0.577. The first-order valence-corrected chi connectivity index (χ1v) is 6.26. The molecule has 0 bridgehead atoms. The van der Waals surface area contributed by atoms with E-state index in [4.69, 9.17) is 0 Å². The van der Waals surface area contributed by atoms with Gasteiger partial charge in [0.05, 0.1) is 0 Å². The Balaban J connectivity index is -0.000000000181. The largest absolute Gasteiger partial charge is 0.584 e. The smallest absolute Gasteiger partial charge is 0 e. The van der Waals surface area contributed by atoms with E-state index in [0.717, 1.165) is 6.42 Å². The predicted molar refractivity (Wildman–Crippen MR) is 129 cm³/mol. The van der Waals surface area contributed by atoms with Gasteiger partial charge in [-0.25, -0.2) is 0 Å². The van der Waals surface area contributed by atoms with Gasteiger partial charge in [0.2, 0.25) is 0 Å². The predicted octanol–water partition coefficient (Wildman–Crippen LogP) is 9.46. The average Bonchev–Trinajstić information content (AvgIpc) is 2.28. The Bertz CT molecular complexity index is 109. The van der Waals surface area contributed by atoms with E-state index in [2.05, 4.69) is 27.7 Å². The maximum atomic E-state index is 3.64. The van der Waals surface area contributed by atoms with Crippen LogP contribution >= 0.6 is 0 Å². The first-order valence-electron chi connectivity index (χ1n) is 6.26. The van der Waals surface area contributed by atoms with Crippen molar-refractivity contribution in [3.05, 3.63) is 93.5 Å². The van der Waals surface area contributed by atoms with Gasteiger partial charge in [-0.1, -0.05) is 55.4 Å². The molecule has 83 heavy (non-hydrogen) atoms. The summed E-state index contributed by atoms with van der Waals surface area (Å²) in [4.78, 5) is 0.